The molecule has 0 radical (unpaired) electrons. The number of imide groups is 1. The molecule has 4 amide bonds. The SMILES string of the molecule is CCN(/C(=N/C(=O)NC(=O)Nc1ccccc1)OC)c1ccccc1. The number of rotatable bonds is 3. The molecule has 2 rings (SSSR count). The molecule has 2 N–H and O–H groups in total. The number of aliphatic imine (C=N–C) groups is 1. The lowest BCUT2D eigenvalue weighted by Crippen LogP contribution is -2.37. The van der Waals surface area contributed by atoms with E-state index < -0.39 is 12.1 Å². The lowest BCUT2D eigenvalue weighted by Gasteiger charge is -2.22. The van der Waals surface area contributed by atoms with Crippen molar-refractivity contribution in [2.75, 3.05) is 23.9 Å². The molecular formula is C18H20N4O3. The summed E-state index contributed by atoms with van der Waals surface area (Å²) in [5.41, 5.74) is 1.40. The van der Waals surface area contributed by atoms with Gasteiger partial charge in [0.25, 0.3) is 0 Å². The number of nitrogens with zero attached hydrogens (tertiary/aromatic N) is 2. The average molecular weight is 340 g/mol. The fourth-order valence-electron chi connectivity index (χ4n) is 2.15. The first-order valence-corrected chi connectivity index (χ1v) is 7.76. The van der Waals surface area contributed by atoms with Crippen molar-refractivity contribution in [3.8, 4) is 0 Å². The van der Waals surface area contributed by atoms with E-state index in [9.17, 15) is 9.59 Å². The first kappa shape index (κ1) is 18.0. The zero-order chi connectivity index (χ0) is 18.1. The van der Waals surface area contributed by atoms with Gasteiger partial charge in [-0.25, -0.2) is 9.59 Å². The van der Waals surface area contributed by atoms with E-state index in [4.69, 9.17) is 4.74 Å². The number of para-hydroxylation sites is 2. The molecule has 0 bridgehead atoms. The van der Waals surface area contributed by atoms with Crippen LogP contribution in [0, 0.1) is 0 Å². The maximum absolute atomic E-state index is 12.0. The molecule has 0 aliphatic rings. The minimum atomic E-state index is -0.820. The van der Waals surface area contributed by atoms with E-state index in [-0.39, 0.29) is 6.02 Å². The van der Waals surface area contributed by atoms with Gasteiger partial charge in [0, 0.05) is 17.9 Å². The molecule has 0 fully saturated rings. The Bertz CT molecular complexity index is 733. The van der Waals surface area contributed by atoms with E-state index in [1.807, 2.05) is 43.3 Å². The lowest BCUT2D eigenvalue weighted by atomic mass is 10.3. The molecule has 0 saturated heterocycles. The normalized spacial score (nSPS) is 10.7. The summed E-state index contributed by atoms with van der Waals surface area (Å²) in [6.45, 7) is 2.45. The highest BCUT2D eigenvalue weighted by Crippen LogP contribution is 2.14. The van der Waals surface area contributed by atoms with Crippen LogP contribution in [0.25, 0.3) is 0 Å². The first-order valence-electron chi connectivity index (χ1n) is 7.76. The van der Waals surface area contributed by atoms with E-state index in [0.717, 1.165) is 5.69 Å². The van der Waals surface area contributed by atoms with Gasteiger partial charge >= 0.3 is 18.1 Å². The van der Waals surface area contributed by atoms with E-state index >= 15 is 0 Å². The van der Waals surface area contributed by atoms with Gasteiger partial charge in [0.05, 0.1) is 7.11 Å². The van der Waals surface area contributed by atoms with E-state index in [0.29, 0.717) is 12.2 Å². The van der Waals surface area contributed by atoms with Crippen LogP contribution in [0.3, 0.4) is 0 Å². The molecule has 0 unspecified atom stereocenters. The zero-order valence-electron chi connectivity index (χ0n) is 14.1. The molecule has 0 heterocycles. The van der Waals surface area contributed by atoms with Crippen molar-refractivity contribution in [3.05, 3.63) is 60.7 Å². The summed E-state index contributed by atoms with van der Waals surface area (Å²) >= 11 is 0. The molecule has 2 aromatic rings. The number of nitrogens with one attached hydrogen (secondary N) is 2. The van der Waals surface area contributed by atoms with Crippen LogP contribution in [0.2, 0.25) is 0 Å². The molecule has 0 saturated carbocycles. The van der Waals surface area contributed by atoms with E-state index in [1.165, 1.54) is 7.11 Å². The van der Waals surface area contributed by atoms with E-state index in [1.54, 1.807) is 29.2 Å². The van der Waals surface area contributed by atoms with E-state index in [2.05, 4.69) is 15.6 Å². The maximum Gasteiger partial charge on any atom is 0.353 e. The molecule has 0 aliphatic carbocycles. The number of urea groups is 2. The lowest BCUT2D eigenvalue weighted by molar-refractivity contribution is 0.238. The summed E-state index contributed by atoms with van der Waals surface area (Å²) in [4.78, 5) is 29.4. The smallest absolute Gasteiger partial charge is 0.353 e. The van der Waals surface area contributed by atoms with Gasteiger partial charge in [-0.3, -0.25) is 10.2 Å². The maximum atomic E-state index is 12.0. The largest absolute Gasteiger partial charge is 0.468 e. The predicted molar refractivity (Wildman–Crippen MR) is 97.9 cm³/mol. The Balaban J connectivity index is 2.05. The number of hydrogen-bond acceptors (Lipinski definition) is 3. The number of benzene rings is 2. The number of carbonyl (C=O) groups excluding carboxylic acids is 2. The fourth-order valence-corrected chi connectivity index (χ4v) is 2.15. The average Bonchev–Trinajstić information content (AvgIpc) is 2.63. The second-order valence-corrected chi connectivity index (χ2v) is 4.93. The number of ether oxygens (including phenoxy) is 1. The van der Waals surface area contributed by atoms with Crippen LogP contribution in [0.4, 0.5) is 21.0 Å². The summed E-state index contributed by atoms with van der Waals surface area (Å²) < 4.78 is 5.21. The zero-order valence-corrected chi connectivity index (χ0v) is 14.1. The van der Waals surface area contributed by atoms with Gasteiger partial charge in [-0.2, -0.15) is 0 Å². The van der Waals surface area contributed by atoms with Crippen LogP contribution in [0.5, 0.6) is 0 Å². The number of anilines is 2. The van der Waals surface area contributed by atoms with Crippen LogP contribution in [0.1, 0.15) is 6.92 Å². The Hall–Kier alpha value is -3.35. The van der Waals surface area contributed by atoms with Crippen molar-refractivity contribution in [2.45, 2.75) is 6.92 Å². The van der Waals surface area contributed by atoms with Crippen LogP contribution >= 0.6 is 0 Å². The number of carbonyl (C=O) groups is 2. The van der Waals surface area contributed by atoms with Crippen molar-refractivity contribution in [3.63, 3.8) is 0 Å². The van der Waals surface area contributed by atoms with Crippen molar-refractivity contribution in [2.24, 2.45) is 4.99 Å². The molecule has 0 aliphatic heterocycles. The van der Waals surface area contributed by atoms with Crippen LogP contribution in [0.15, 0.2) is 65.7 Å². The second-order valence-electron chi connectivity index (χ2n) is 4.93. The van der Waals surface area contributed by atoms with Gasteiger partial charge in [-0.15, -0.1) is 4.99 Å². The van der Waals surface area contributed by atoms with Crippen molar-refractivity contribution < 1.29 is 14.3 Å². The second kappa shape index (κ2) is 9.07. The first-order chi connectivity index (χ1) is 12.1. The van der Waals surface area contributed by atoms with Gasteiger partial charge in [-0.1, -0.05) is 36.4 Å². The topological polar surface area (TPSA) is 83.0 Å². The Kier molecular flexibility index (Phi) is 6.53. The van der Waals surface area contributed by atoms with Gasteiger partial charge in [0.1, 0.15) is 0 Å². The standard InChI is InChI=1S/C18H20N4O3/c1-3-22(15-12-8-5-9-13-15)18(25-2)21-17(24)20-16(23)19-14-10-6-4-7-11-14/h4-13H,3H2,1-2H3,(H2,19,20,23,24)/b21-18-. The molecule has 7 heteroatoms. The molecule has 2 aromatic carbocycles. The van der Waals surface area contributed by atoms with Crippen LogP contribution < -0.4 is 15.5 Å². The quantitative estimate of drug-likeness (QED) is 0.662. The Labute approximate surface area is 146 Å². The van der Waals surface area contributed by atoms with Crippen molar-refractivity contribution >= 4 is 29.5 Å². The third-order valence-electron chi connectivity index (χ3n) is 3.25. The monoisotopic (exact) mass is 340 g/mol. The summed E-state index contributed by atoms with van der Waals surface area (Å²) in [7, 11) is 1.42. The minimum absolute atomic E-state index is 0.0960. The van der Waals surface area contributed by atoms with Crippen molar-refractivity contribution in [1.29, 1.82) is 0 Å². The Morgan fingerprint density at radius 2 is 1.64 bits per heavy atom. The summed E-state index contributed by atoms with van der Waals surface area (Å²) in [5.74, 6) is 0. The van der Waals surface area contributed by atoms with Crippen LogP contribution in [-0.2, 0) is 4.74 Å². The van der Waals surface area contributed by atoms with Gasteiger partial charge in [0.2, 0.25) is 0 Å². The molecule has 0 spiro atoms. The van der Waals surface area contributed by atoms with Crippen molar-refractivity contribution in [1.82, 2.24) is 5.32 Å². The highest BCUT2D eigenvalue weighted by Gasteiger charge is 2.15. The number of amides is 4. The van der Waals surface area contributed by atoms with Gasteiger partial charge < -0.3 is 10.1 Å². The summed E-state index contributed by atoms with van der Waals surface area (Å²) in [5, 5.41) is 4.68. The summed E-state index contributed by atoms with van der Waals surface area (Å²) in [6, 6.07) is 16.8. The highest BCUT2D eigenvalue weighted by molar-refractivity contribution is 6.05. The fraction of sp³-hybridized carbons (Fsp3) is 0.167. The number of amidine groups is 1. The molecule has 7 nitrogen and oxygen atoms in total. The van der Waals surface area contributed by atoms with Gasteiger partial charge in [-0.05, 0) is 31.2 Å². The number of methoxy groups -OCH3 is 1. The molecule has 0 aromatic heterocycles. The Morgan fingerprint density at radius 3 is 2.20 bits per heavy atom. The molecule has 0 atom stereocenters. The molecule has 130 valence electrons. The summed E-state index contributed by atoms with van der Waals surface area (Å²) in [6.07, 6.45) is 0. The third kappa shape index (κ3) is 5.35. The predicted octanol–water partition coefficient (Wildman–Crippen LogP) is 3.46. The van der Waals surface area contributed by atoms with Crippen LogP contribution in [-0.4, -0.2) is 31.7 Å². The van der Waals surface area contributed by atoms with Gasteiger partial charge in [0.15, 0.2) is 0 Å². The Morgan fingerprint density at radius 1 is 1.04 bits per heavy atom. The number of hydrogen-bond donors (Lipinski definition) is 2. The highest BCUT2D eigenvalue weighted by atomic mass is 16.5. The molecule has 25 heavy (non-hydrogen) atoms. The third-order valence-corrected chi connectivity index (χ3v) is 3.25. The molecular weight excluding hydrogens is 320 g/mol. The minimum Gasteiger partial charge on any atom is -0.468 e.